The van der Waals surface area contributed by atoms with E-state index in [2.05, 4.69) is 33.2 Å². The smallest absolute Gasteiger partial charge is 0.382 e. The van der Waals surface area contributed by atoms with Gasteiger partial charge in [0.1, 0.15) is 6.54 Å². The zero-order valence-electron chi connectivity index (χ0n) is 12.8. The van der Waals surface area contributed by atoms with Crippen molar-refractivity contribution < 1.29 is 13.2 Å². The fourth-order valence-electron chi connectivity index (χ4n) is 3.08. The lowest BCUT2D eigenvalue weighted by molar-refractivity contribution is -0.139. The Hall–Kier alpha value is -1.21. The Balaban J connectivity index is 1.88. The van der Waals surface area contributed by atoms with Crippen LogP contribution in [-0.2, 0) is 6.54 Å². The number of hydrogen-bond acceptors (Lipinski definition) is 2. The second-order valence-corrected chi connectivity index (χ2v) is 7.08. The van der Waals surface area contributed by atoms with Crippen LogP contribution in [0.3, 0.4) is 0 Å². The van der Waals surface area contributed by atoms with Crippen LogP contribution in [-0.4, -0.2) is 41.8 Å². The molecule has 0 atom stereocenters. The van der Waals surface area contributed by atoms with Crippen LogP contribution in [0.25, 0.3) is 10.9 Å². The predicted octanol–water partition coefficient (Wildman–Crippen LogP) is 4.47. The molecule has 0 amide bonds. The highest BCUT2D eigenvalue weighted by atomic mass is 79.9. The molecule has 1 N–H and O–H groups in total. The third-order valence-electron chi connectivity index (χ3n) is 4.28. The molecule has 7 heteroatoms. The van der Waals surface area contributed by atoms with E-state index < -0.39 is 12.7 Å². The van der Waals surface area contributed by atoms with Crippen molar-refractivity contribution in [2.24, 2.45) is 0 Å². The van der Waals surface area contributed by atoms with Gasteiger partial charge in [0.05, 0.1) is 5.52 Å². The van der Waals surface area contributed by atoms with Crippen LogP contribution < -0.4 is 5.32 Å². The number of hydrogen-bond donors (Lipinski definition) is 1. The molecule has 1 aromatic heterocycles. The van der Waals surface area contributed by atoms with Gasteiger partial charge in [-0.3, -0.25) is 0 Å². The zero-order valence-corrected chi connectivity index (χ0v) is 14.4. The van der Waals surface area contributed by atoms with E-state index in [4.69, 9.17) is 0 Å². The van der Waals surface area contributed by atoms with Gasteiger partial charge in [-0.15, -0.1) is 0 Å². The zero-order chi connectivity index (χ0) is 16.6. The van der Waals surface area contributed by atoms with Crippen molar-refractivity contribution in [1.82, 2.24) is 9.47 Å². The second-order valence-electron chi connectivity index (χ2n) is 6.17. The molecule has 1 aliphatic heterocycles. The van der Waals surface area contributed by atoms with Gasteiger partial charge in [0.15, 0.2) is 0 Å². The minimum atomic E-state index is -4.23. The summed E-state index contributed by atoms with van der Waals surface area (Å²) >= 11 is 3.41. The Bertz CT molecular complexity index is 688. The van der Waals surface area contributed by atoms with E-state index in [1.165, 1.54) is 10.8 Å². The first-order chi connectivity index (χ1) is 10.8. The molecule has 1 saturated heterocycles. The number of alkyl halides is 3. The van der Waals surface area contributed by atoms with Crippen LogP contribution in [0.1, 0.15) is 12.8 Å². The summed E-state index contributed by atoms with van der Waals surface area (Å²) in [5, 5.41) is 4.34. The summed E-state index contributed by atoms with van der Waals surface area (Å²) < 4.78 is 40.1. The third kappa shape index (κ3) is 4.01. The lowest BCUT2D eigenvalue weighted by atomic mass is 10.0. The van der Waals surface area contributed by atoms with Gasteiger partial charge < -0.3 is 14.8 Å². The average molecular weight is 390 g/mol. The molecule has 0 radical (unpaired) electrons. The first-order valence-corrected chi connectivity index (χ1v) is 8.41. The minimum absolute atomic E-state index is 0.356. The molecule has 1 aromatic carbocycles. The van der Waals surface area contributed by atoms with Crippen molar-refractivity contribution in [3.63, 3.8) is 0 Å². The highest BCUT2D eigenvalue weighted by molar-refractivity contribution is 9.10. The van der Waals surface area contributed by atoms with Crippen molar-refractivity contribution >= 4 is 32.5 Å². The minimum Gasteiger partial charge on any atom is -0.382 e. The van der Waals surface area contributed by atoms with Crippen molar-refractivity contribution in [1.29, 1.82) is 0 Å². The number of benzene rings is 1. The number of halogens is 4. The molecule has 1 fully saturated rings. The number of rotatable bonds is 3. The molecule has 0 bridgehead atoms. The molecule has 0 saturated carbocycles. The summed E-state index contributed by atoms with van der Waals surface area (Å²) in [6, 6.07) is 5.79. The molecule has 0 spiro atoms. The standard InChI is InChI=1S/C16H19BrF3N3/c1-22-5-2-12(3-6-22)21-14-8-11(17)9-15-13(14)4-7-23(15)10-16(18,19)20/h4,7-9,12,21H,2-3,5-6,10H2,1H3. The van der Waals surface area contributed by atoms with E-state index in [0.29, 0.717) is 11.6 Å². The van der Waals surface area contributed by atoms with E-state index in [-0.39, 0.29) is 0 Å². The lowest BCUT2D eigenvalue weighted by Gasteiger charge is -2.30. The summed E-state index contributed by atoms with van der Waals surface area (Å²) in [7, 11) is 2.10. The van der Waals surface area contributed by atoms with Crippen molar-refractivity contribution in [3.8, 4) is 0 Å². The molecular weight excluding hydrogens is 371 g/mol. The average Bonchev–Trinajstić information content (AvgIpc) is 2.82. The molecule has 1 aliphatic rings. The molecule has 3 rings (SSSR count). The Morgan fingerprint density at radius 3 is 2.61 bits per heavy atom. The highest BCUT2D eigenvalue weighted by Gasteiger charge is 2.28. The van der Waals surface area contributed by atoms with Crippen molar-refractivity contribution in [3.05, 3.63) is 28.9 Å². The van der Waals surface area contributed by atoms with Gasteiger partial charge in [-0.05, 0) is 51.2 Å². The summed E-state index contributed by atoms with van der Waals surface area (Å²) in [6.45, 7) is 1.09. The number of nitrogens with zero attached hydrogens (tertiary/aromatic N) is 2. The third-order valence-corrected chi connectivity index (χ3v) is 4.74. The van der Waals surface area contributed by atoms with Gasteiger partial charge in [-0.1, -0.05) is 15.9 Å². The Morgan fingerprint density at radius 2 is 1.96 bits per heavy atom. The molecule has 126 valence electrons. The van der Waals surface area contributed by atoms with Crippen LogP contribution >= 0.6 is 15.9 Å². The van der Waals surface area contributed by atoms with E-state index in [1.807, 2.05) is 6.07 Å². The van der Waals surface area contributed by atoms with E-state index in [9.17, 15) is 13.2 Å². The van der Waals surface area contributed by atoms with Crippen LogP contribution in [0, 0.1) is 0 Å². The number of piperidine rings is 1. The number of nitrogens with one attached hydrogen (secondary N) is 1. The molecule has 23 heavy (non-hydrogen) atoms. The quantitative estimate of drug-likeness (QED) is 0.835. The molecule has 3 nitrogen and oxygen atoms in total. The Labute approximate surface area is 141 Å². The van der Waals surface area contributed by atoms with Crippen LogP contribution in [0.2, 0.25) is 0 Å². The van der Waals surface area contributed by atoms with Crippen LogP contribution in [0.15, 0.2) is 28.9 Å². The van der Waals surface area contributed by atoms with Gasteiger partial charge >= 0.3 is 6.18 Å². The summed E-state index contributed by atoms with van der Waals surface area (Å²) in [4.78, 5) is 2.29. The number of fused-ring (bicyclic) bond motifs is 1. The molecule has 0 aliphatic carbocycles. The fraction of sp³-hybridized carbons (Fsp3) is 0.500. The van der Waals surface area contributed by atoms with Gasteiger partial charge in [-0.2, -0.15) is 13.2 Å². The van der Waals surface area contributed by atoms with Crippen molar-refractivity contribution in [2.45, 2.75) is 31.6 Å². The van der Waals surface area contributed by atoms with Crippen molar-refractivity contribution in [2.75, 3.05) is 25.5 Å². The number of anilines is 1. The maximum absolute atomic E-state index is 12.7. The molecule has 2 heterocycles. The first kappa shape index (κ1) is 16.6. The Kier molecular flexibility index (Phi) is 4.60. The monoisotopic (exact) mass is 389 g/mol. The molecule has 2 aromatic rings. The van der Waals surface area contributed by atoms with Gasteiger partial charge in [0, 0.05) is 27.8 Å². The fourth-order valence-corrected chi connectivity index (χ4v) is 3.53. The number of likely N-dealkylation sites (tertiary alicyclic amines) is 1. The maximum atomic E-state index is 12.7. The van der Waals surface area contributed by atoms with Crippen LogP contribution in [0.4, 0.5) is 18.9 Å². The van der Waals surface area contributed by atoms with E-state index in [0.717, 1.165) is 41.5 Å². The van der Waals surface area contributed by atoms with Crippen LogP contribution in [0.5, 0.6) is 0 Å². The second kappa shape index (κ2) is 6.36. The lowest BCUT2D eigenvalue weighted by Crippen LogP contribution is -2.36. The van der Waals surface area contributed by atoms with Gasteiger partial charge in [0.25, 0.3) is 0 Å². The maximum Gasteiger partial charge on any atom is 0.406 e. The summed E-state index contributed by atoms with van der Waals surface area (Å²) in [6.07, 6.45) is -0.651. The van der Waals surface area contributed by atoms with Gasteiger partial charge in [0.2, 0.25) is 0 Å². The normalized spacial score (nSPS) is 17.8. The predicted molar refractivity (Wildman–Crippen MR) is 89.8 cm³/mol. The van der Waals surface area contributed by atoms with E-state index in [1.54, 1.807) is 12.1 Å². The summed E-state index contributed by atoms with van der Waals surface area (Å²) in [5.74, 6) is 0. The SMILES string of the molecule is CN1CCC(Nc2cc(Br)cc3c2ccn3CC(F)(F)F)CC1. The molecular formula is C16H19BrF3N3. The Morgan fingerprint density at radius 1 is 1.26 bits per heavy atom. The van der Waals surface area contributed by atoms with E-state index >= 15 is 0 Å². The summed E-state index contributed by atoms with van der Waals surface area (Å²) in [5.41, 5.74) is 1.48. The molecule has 0 unspecified atom stereocenters. The first-order valence-electron chi connectivity index (χ1n) is 7.62. The van der Waals surface area contributed by atoms with Gasteiger partial charge in [-0.25, -0.2) is 0 Å². The number of aromatic nitrogens is 1. The highest BCUT2D eigenvalue weighted by Crippen LogP contribution is 2.32. The topological polar surface area (TPSA) is 20.2 Å². The largest absolute Gasteiger partial charge is 0.406 e.